The Hall–Kier alpha value is -0.960. The lowest BCUT2D eigenvalue weighted by molar-refractivity contribution is 0.396. The second-order valence-electron chi connectivity index (χ2n) is 4.01. The summed E-state index contributed by atoms with van der Waals surface area (Å²) < 4.78 is 0. The van der Waals surface area contributed by atoms with Crippen molar-refractivity contribution in [3.8, 4) is 0 Å². The first kappa shape index (κ1) is 9.59. The maximum absolute atomic E-state index is 4.48. The molecule has 76 valence electrons. The smallest absolute Gasteiger partial charge is 0.145 e. The molecule has 0 saturated carbocycles. The fourth-order valence-corrected chi connectivity index (χ4v) is 1.98. The van der Waals surface area contributed by atoms with Gasteiger partial charge in [0.15, 0.2) is 0 Å². The van der Waals surface area contributed by atoms with Gasteiger partial charge in [-0.3, -0.25) is 0 Å². The van der Waals surface area contributed by atoms with Gasteiger partial charge in [-0.15, -0.1) is 0 Å². The third kappa shape index (κ3) is 2.10. The van der Waals surface area contributed by atoms with Crippen molar-refractivity contribution in [3.05, 3.63) is 23.3 Å². The Bertz CT molecular complexity index is 296. The van der Waals surface area contributed by atoms with Crippen molar-refractivity contribution in [1.82, 2.24) is 15.3 Å². The molecule has 1 atom stereocenters. The molecule has 0 amide bonds. The minimum absolute atomic E-state index is 0.377. The second-order valence-corrected chi connectivity index (χ2v) is 4.01. The molecule has 2 rings (SSSR count). The van der Waals surface area contributed by atoms with Gasteiger partial charge < -0.3 is 5.32 Å². The van der Waals surface area contributed by atoms with E-state index in [0.717, 1.165) is 23.8 Å². The molecule has 0 aliphatic carbocycles. The van der Waals surface area contributed by atoms with Crippen molar-refractivity contribution < 1.29 is 0 Å². The van der Waals surface area contributed by atoms with E-state index in [4.69, 9.17) is 0 Å². The van der Waals surface area contributed by atoms with Crippen LogP contribution in [0.25, 0.3) is 0 Å². The third-order valence-corrected chi connectivity index (χ3v) is 2.62. The molecule has 1 aliphatic rings. The molecule has 2 heterocycles. The molecule has 3 heteroatoms. The van der Waals surface area contributed by atoms with E-state index >= 15 is 0 Å². The molecule has 1 aromatic heterocycles. The molecule has 0 bridgehead atoms. The van der Waals surface area contributed by atoms with E-state index in [9.17, 15) is 0 Å². The van der Waals surface area contributed by atoms with Crippen LogP contribution in [0.4, 0.5) is 0 Å². The zero-order valence-corrected chi connectivity index (χ0v) is 8.88. The summed E-state index contributed by atoms with van der Waals surface area (Å²) in [4.78, 5) is 8.97. The van der Waals surface area contributed by atoms with Gasteiger partial charge in [0.25, 0.3) is 0 Å². The largest absolute Gasteiger partial charge is 0.307 e. The van der Waals surface area contributed by atoms with Gasteiger partial charge in [0.1, 0.15) is 5.82 Å². The van der Waals surface area contributed by atoms with Gasteiger partial charge in [0.2, 0.25) is 0 Å². The zero-order chi connectivity index (χ0) is 9.97. The van der Waals surface area contributed by atoms with E-state index in [1.54, 1.807) is 0 Å². The first-order valence-corrected chi connectivity index (χ1v) is 5.31. The van der Waals surface area contributed by atoms with Crippen LogP contribution in [0.1, 0.15) is 42.5 Å². The number of aromatic nitrogens is 2. The van der Waals surface area contributed by atoms with E-state index in [1.165, 1.54) is 19.3 Å². The van der Waals surface area contributed by atoms with E-state index in [2.05, 4.69) is 15.3 Å². The number of nitrogens with one attached hydrogen (secondary N) is 1. The molecule has 0 radical (unpaired) electrons. The highest BCUT2D eigenvalue weighted by atomic mass is 15.0. The Kier molecular flexibility index (Phi) is 2.77. The Morgan fingerprint density at radius 3 is 2.50 bits per heavy atom. The van der Waals surface area contributed by atoms with Crippen molar-refractivity contribution in [2.45, 2.75) is 39.2 Å². The number of hydrogen-bond donors (Lipinski definition) is 1. The van der Waals surface area contributed by atoms with Crippen molar-refractivity contribution >= 4 is 0 Å². The van der Waals surface area contributed by atoms with Gasteiger partial charge in [-0.05, 0) is 39.3 Å². The average Bonchev–Trinajstić information content (AvgIpc) is 2.18. The average molecular weight is 191 g/mol. The van der Waals surface area contributed by atoms with Crippen LogP contribution in [0.2, 0.25) is 0 Å². The van der Waals surface area contributed by atoms with Crippen LogP contribution in [-0.4, -0.2) is 16.5 Å². The lowest BCUT2D eigenvalue weighted by Gasteiger charge is -2.22. The summed E-state index contributed by atoms with van der Waals surface area (Å²) in [5.74, 6) is 0.974. The third-order valence-electron chi connectivity index (χ3n) is 2.62. The fraction of sp³-hybridized carbons (Fsp3) is 0.636. The molecule has 1 aromatic rings. The SMILES string of the molecule is Cc1cc(C)nc([C@H]2CCCCN2)n1. The molecular formula is C11H17N3. The molecule has 14 heavy (non-hydrogen) atoms. The first-order chi connectivity index (χ1) is 6.75. The number of aryl methyl sites for hydroxylation is 2. The maximum atomic E-state index is 4.48. The summed E-state index contributed by atoms with van der Waals surface area (Å²) in [5.41, 5.74) is 2.14. The predicted octanol–water partition coefficient (Wildman–Crippen LogP) is 1.91. The highest BCUT2D eigenvalue weighted by Crippen LogP contribution is 2.20. The number of piperidine rings is 1. The predicted molar refractivity (Wildman–Crippen MR) is 56.1 cm³/mol. The van der Waals surface area contributed by atoms with Crippen molar-refractivity contribution in [2.75, 3.05) is 6.54 Å². The summed E-state index contributed by atoms with van der Waals surface area (Å²) in [6.07, 6.45) is 3.73. The molecule has 1 aliphatic heterocycles. The Balaban J connectivity index is 2.21. The standard InChI is InChI=1S/C11H17N3/c1-8-7-9(2)14-11(13-8)10-5-3-4-6-12-10/h7,10,12H,3-6H2,1-2H3/t10-/m1/s1. The van der Waals surface area contributed by atoms with Crippen LogP contribution >= 0.6 is 0 Å². The molecule has 0 unspecified atom stereocenters. The zero-order valence-electron chi connectivity index (χ0n) is 8.88. The van der Waals surface area contributed by atoms with Gasteiger partial charge in [0, 0.05) is 11.4 Å². The van der Waals surface area contributed by atoms with Crippen molar-refractivity contribution in [3.63, 3.8) is 0 Å². The Labute approximate surface area is 85.0 Å². The Morgan fingerprint density at radius 1 is 1.21 bits per heavy atom. The van der Waals surface area contributed by atoms with E-state index in [0.29, 0.717) is 6.04 Å². The van der Waals surface area contributed by atoms with Crippen LogP contribution in [-0.2, 0) is 0 Å². The van der Waals surface area contributed by atoms with Crippen molar-refractivity contribution in [2.24, 2.45) is 0 Å². The van der Waals surface area contributed by atoms with E-state index < -0.39 is 0 Å². The molecular weight excluding hydrogens is 174 g/mol. The van der Waals surface area contributed by atoms with E-state index in [1.807, 2.05) is 19.9 Å². The summed E-state index contributed by atoms with van der Waals surface area (Å²) in [7, 11) is 0. The van der Waals surface area contributed by atoms with Crippen LogP contribution in [0.3, 0.4) is 0 Å². The molecule has 1 N–H and O–H groups in total. The molecule has 1 fully saturated rings. The quantitative estimate of drug-likeness (QED) is 0.736. The Morgan fingerprint density at radius 2 is 1.93 bits per heavy atom. The normalized spacial score (nSPS) is 22.3. The number of hydrogen-bond acceptors (Lipinski definition) is 3. The monoisotopic (exact) mass is 191 g/mol. The summed E-state index contributed by atoms with van der Waals surface area (Å²) in [6, 6.07) is 2.40. The van der Waals surface area contributed by atoms with Gasteiger partial charge in [-0.25, -0.2) is 9.97 Å². The number of nitrogens with zero attached hydrogens (tertiary/aromatic N) is 2. The van der Waals surface area contributed by atoms with Gasteiger partial charge >= 0.3 is 0 Å². The molecule has 0 spiro atoms. The first-order valence-electron chi connectivity index (χ1n) is 5.31. The highest BCUT2D eigenvalue weighted by Gasteiger charge is 2.17. The van der Waals surface area contributed by atoms with Gasteiger partial charge in [0.05, 0.1) is 6.04 Å². The minimum atomic E-state index is 0.377. The summed E-state index contributed by atoms with van der Waals surface area (Å²) >= 11 is 0. The van der Waals surface area contributed by atoms with E-state index in [-0.39, 0.29) is 0 Å². The molecule has 0 aromatic carbocycles. The summed E-state index contributed by atoms with van der Waals surface area (Å²) in [5, 5.41) is 3.46. The highest BCUT2D eigenvalue weighted by molar-refractivity contribution is 5.10. The van der Waals surface area contributed by atoms with Gasteiger partial charge in [-0.1, -0.05) is 6.42 Å². The minimum Gasteiger partial charge on any atom is -0.307 e. The van der Waals surface area contributed by atoms with Gasteiger partial charge in [-0.2, -0.15) is 0 Å². The molecule has 3 nitrogen and oxygen atoms in total. The summed E-state index contributed by atoms with van der Waals surface area (Å²) in [6.45, 7) is 5.16. The van der Waals surface area contributed by atoms with Crippen LogP contribution in [0.5, 0.6) is 0 Å². The van der Waals surface area contributed by atoms with Crippen LogP contribution < -0.4 is 5.32 Å². The van der Waals surface area contributed by atoms with Crippen LogP contribution in [0.15, 0.2) is 6.07 Å². The lowest BCUT2D eigenvalue weighted by atomic mass is 10.0. The topological polar surface area (TPSA) is 37.8 Å². The number of rotatable bonds is 1. The van der Waals surface area contributed by atoms with Crippen LogP contribution in [0, 0.1) is 13.8 Å². The maximum Gasteiger partial charge on any atom is 0.145 e. The fourth-order valence-electron chi connectivity index (χ4n) is 1.98. The second kappa shape index (κ2) is 4.05. The molecule has 1 saturated heterocycles. The lowest BCUT2D eigenvalue weighted by Crippen LogP contribution is -2.28. The van der Waals surface area contributed by atoms with Crippen molar-refractivity contribution in [1.29, 1.82) is 0 Å².